The summed E-state index contributed by atoms with van der Waals surface area (Å²) in [6.45, 7) is 4.55. The topological polar surface area (TPSA) is 32.8 Å². The zero-order valence-electron chi connectivity index (χ0n) is 15.9. The van der Waals surface area contributed by atoms with Gasteiger partial charge in [0.05, 0.1) is 7.11 Å². The number of nitrogens with zero attached hydrogens (tertiary/aromatic N) is 2. The van der Waals surface area contributed by atoms with Gasteiger partial charge in [0.1, 0.15) is 5.75 Å². The van der Waals surface area contributed by atoms with Gasteiger partial charge in [-0.3, -0.25) is 9.69 Å². The van der Waals surface area contributed by atoms with Crippen LogP contribution in [0.2, 0.25) is 0 Å². The highest BCUT2D eigenvalue weighted by molar-refractivity contribution is 9.10. The molecule has 0 unspecified atom stereocenters. The first kappa shape index (κ1) is 19.9. The molecule has 0 atom stereocenters. The van der Waals surface area contributed by atoms with Crippen molar-refractivity contribution < 1.29 is 9.53 Å². The predicted molar refractivity (Wildman–Crippen MR) is 112 cm³/mol. The fourth-order valence-electron chi connectivity index (χ4n) is 3.47. The molecule has 5 heteroatoms. The van der Waals surface area contributed by atoms with Crippen molar-refractivity contribution in [1.29, 1.82) is 0 Å². The second-order valence-electron chi connectivity index (χ2n) is 6.99. The first-order valence-corrected chi connectivity index (χ1v) is 10.3. The van der Waals surface area contributed by atoms with Crippen LogP contribution >= 0.6 is 15.9 Å². The van der Waals surface area contributed by atoms with Gasteiger partial charge in [0, 0.05) is 43.6 Å². The molecular weight excluding hydrogens is 404 g/mol. The molecule has 1 aliphatic heterocycles. The van der Waals surface area contributed by atoms with E-state index < -0.39 is 0 Å². The van der Waals surface area contributed by atoms with Crippen LogP contribution in [-0.2, 0) is 17.8 Å². The van der Waals surface area contributed by atoms with Crippen LogP contribution < -0.4 is 4.74 Å². The number of halogens is 1. The summed E-state index contributed by atoms with van der Waals surface area (Å²) in [6.07, 6.45) is 2.40. The number of hydrogen-bond acceptors (Lipinski definition) is 3. The second-order valence-corrected chi connectivity index (χ2v) is 7.90. The fourth-order valence-corrected chi connectivity index (χ4v) is 3.92. The predicted octanol–water partition coefficient (Wildman–Crippen LogP) is 4.12. The van der Waals surface area contributed by atoms with Crippen molar-refractivity contribution in [3.8, 4) is 5.75 Å². The minimum atomic E-state index is 0.265. The molecule has 1 aliphatic rings. The molecule has 2 aromatic rings. The molecule has 1 saturated heterocycles. The van der Waals surface area contributed by atoms with Crippen LogP contribution in [0.4, 0.5) is 0 Å². The molecule has 144 valence electrons. The van der Waals surface area contributed by atoms with Crippen LogP contribution in [0.3, 0.4) is 0 Å². The number of rotatable bonds is 6. The Morgan fingerprint density at radius 1 is 1.04 bits per heavy atom. The molecule has 0 spiro atoms. The Hall–Kier alpha value is -1.85. The Bertz CT molecular complexity index is 748. The molecule has 1 amide bonds. The summed E-state index contributed by atoms with van der Waals surface area (Å²) in [4.78, 5) is 17.1. The van der Waals surface area contributed by atoms with E-state index in [4.69, 9.17) is 4.74 Å². The van der Waals surface area contributed by atoms with E-state index in [2.05, 4.69) is 45.1 Å². The smallest absolute Gasteiger partial charge is 0.222 e. The number of benzene rings is 2. The van der Waals surface area contributed by atoms with Gasteiger partial charge in [0.15, 0.2) is 0 Å². The molecule has 0 saturated carbocycles. The Labute approximate surface area is 170 Å². The number of hydrogen-bond donors (Lipinski definition) is 0. The molecule has 3 rings (SSSR count). The van der Waals surface area contributed by atoms with E-state index in [1.54, 1.807) is 7.11 Å². The molecule has 0 aliphatic carbocycles. The number of methoxy groups -OCH3 is 1. The maximum Gasteiger partial charge on any atom is 0.222 e. The number of carbonyl (C=O) groups excluding carboxylic acids is 1. The van der Waals surface area contributed by atoms with Crippen LogP contribution in [0, 0.1) is 0 Å². The van der Waals surface area contributed by atoms with E-state index in [1.165, 1.54) is 11.1 Å². The third kappa shape index (κ3) is 6.08. The first-order chi connectivity index (χ1) is 13.1. The SMILES string of the molecule is COc1ccc(CN2CCCN(C(=O)CCc3cccc(Br)c3)CC2)cc1. The third-order valence-electron chi connectivity index (χ3n) is 5.02. The fraction of sp³-hybridized carbons (Fsp3) is 0.409. The largest absolute Gasteiger partial charge is 0.497 e. The second kappa shape index (κ2) is 9.90. The van der Waals surface area contributed by atoms with Gasteiger partial charge in [-0.25, -0.2) is 0 Å². The minimum Gasteiger partial charge on any atom is -0.497 e. The average molecular weight is 431 g/mol. The lowest BCUT2D eigenvalue weighted by Crippen LogP contribution is -2.35. The molecule has 0 bridgehead atoms. The van der Waals surface area contributed by atoms with Crippen molar-refractivity contribution in [3.63, 3.8) is 0 Å². The Balaban J connectivity index is 1.47. The third-order valence-corrected chi connectivity index (χ3v) is 5.52. The molecule has 0 radical (unpaired) electrons. The van der Waals surface area contributed by atoms with Gasteiger partial charge in [-0.2, -0.15) is 0 Å². The van der Waals surface area contributed by atoms with E-state index in [9.17, 15) is 4.79 Å². The van der Waals surface area contributed by atoms with Crippen molar-refractivity contribution in [2.75, 3.05) is 33.3 Å². The van der Waals surface area contributed by atoms with Crippen molar-refractivity contribution in [2.45, 2.75) is 25.8 Å². The zero-order valence-corrected chi connectivity index (χ0v) is 17.5. The highest BCUT2D eigenvalue weighted by Crippen LogP contribution is 2.16. The molecule has 1 fully saturated rings. The van der Waals surface area contributed by atoms with Gasteiger partial charge in [-0.1, -0.05) is 40.2 Å². The molecule has 1 heterocycles. The lowest BCUT2D eigenvalue weighted by atomic mass is 10.1. The maximum atomic E-state index is 12.6. The first-order valence-electron chi connectivity index (χ1n) is 9.51. The summed E-state index contributed by atoms with van der Waals surface area (Å²) in [5, 5.41) is 0. The van der Waals surface area contributed by atoms with Crippen molar-refractivity contribution in [1.82, 2.24) is 9.80 Å². The average Bonchev–Trinajstić information content (AvgIpc) is 2.92. The summed E-state index contributed by atoms with van der Waals surface area (Å²) < 4.78 is 6.29. The van der Waals surface area contributed by atoms with Gasteiger partial charge in [-0.05, 0) is 48.2 Å². The number of ether oxygens (including phenoxy) is 1. The van der Waals surface area contributed by atoms with Gasteiger partial charge >= 0.3 is 0 Å². The van der Waals surface area contributed by atoms with E-state index in [0.717, 1.165) is 55.8 Å². The van der Waals surface area contributed by atoms with Crippen molar-refractivity contribution in [3.05, 3.63) is 64.1 Å². The van der Waals surface area contributed by atoms with Gasteiger partial charge in [0.25, 0.3) is 0 Å². The monoisotopic (exact) mass is 430 g/mol. The number of aryl methyl sites for hydroxylation is 1. The van der Waals surface area contributed by atoms with Crippen molar-refractivity contribution >= 4 is 21.8 Å². The Morgan fingerprint density at radius 3 is 2.59 bits per heavy atom. The lowest BCUT2D eigenvalue weighted by molar-refractivity contribution is -0.131. The normalized spacial score (nSPS) is 15.4. The molecule has 4 nitrogen and oxygen atoms in total. The van der Waals surface area contributed by atoms with Crippen LogP contribution in [-0.4, -0.2) is 49.0 Å². The summed E-state index contributed by atoms with van der Waals surface area (Å²) in [7, 11) is 1.69. The number of amides is 1. The Kier molecular flexibility index (Phi) is 7.30. The minimum absolute atomic E-state index is 0.265. The summed E-state index contributed by atoms with van der Waals surface area (Å²) in [6, 6.07) is 16.4. The zero-order chi connectivity index (χ0) is 19.1. The molecule has 0 aromatic heterocycles. The van der Waals surface area contributed by atoms with E-state index in [0.29, 0.717) is 6.42 Å². The maximum absolute atomic E-state index is 12.6. The molecule has 27 heavy (non-hydrogen) atoms. The van der Waals surface area contributed by atoms with Crippen LogP contribution in [0.1, 0.15) is 24.0 Å². The van der Waals surface area contributed by atoms with Crippen molar-refractivity contribution in [2.24, 2.45) is 0 Å². The highest BCUT2D eigenvalue weighted by Gasteiger charge is 2.19. The molecule has 0 N–H and O–H groups in total. The standard InChI is InChI=1S/C22H27BrN2O2/c1-27-21-9-6-19(7-10-21)17-24-12-3-13-25(15-14-24)22(26)11-8-18-4-2-5-20(23)16-18/h2,4-7,9-10,16H,3,8,11-15,17H2,1H3. The van der Waals surface area contributed by atoms with Gasteiger partial charge in [0.2, 0.25) is 5.91 Å². The summed E-state index contributed by atoms with van der Waals surface area (Å²) >= 11 is 3.49. The van der Waals surface area contributed by atoms with Gasteiger partial charge < -0.3 is 9.64 Å². The van der Waals surface area contributed by atoms with Crippen LogP contribution in [0.15, 0.2) is 53.0 Å². The van der Waals surface area contributed by atoms with E-state index in [-0.39, 0.29) is 5.91 Å². The highest BCUT2D eigenvalue weighted by atomic mass is 79.9. The summed E-state index contributed by atoms with van der Waals surface area (Å²) in [5.41, 5.74) is 2.49. The summed E-state index contributed by atoms with van der Waals surface area (Å²) in [5.74, 6) is 1.15. The number of carbonyl (C=O) groups is 1. The van der Waals surface area contributed by atoms with Crippen LogP contribution in [0.25, 0.3) is 0 Å². The Morgan fingerprint density at radius 2 is 1.85 bits per heavy atom. The molecular formula is C22H27BrN2O2. The van der Waals surface area contributed by atoms with E-state index >= 15 is 0 Å². The van der Waals surface area contributed by atoms with E-state index in [1.807, 2.05) is 29.2 Å². The van der Waals surface area contributed by atoms with Gasteiger partial charge in [-0.15, -0.1) is 0 Å². The lowest BCUT2D eigenvalue weighted by Gasteiger charge is -2.22. The molecule has 2 aromatic carbocycles. The quantitative estimate of drug-likeness (QED) is 0.690. The van der Waals surface area contributed by atoms with Crippen LogP contribution in [0.5, 0.6) is 5.75 Å².